The van der Waals surface area contributed by atoms with Crippen molar-refractivity contribution in [3.05, 3.63) is 68.5 Å². The molecule has 3 heterocycles. The smallest absolute Gasteiger partial charge is 0.267 e. The van der Waals surface area contributed by atoms with Gasteiger partial charge in [0.2, 0.25) is 0 Å². The molecule has 0 unspecified atom stereocenters. The Kier molecular flexibility index (Phi) is 9.83. The lowest BCUT2D eigenvalue weighted by molar-refractivity contribution is -0.122. The number of amides is 1. The van der Waals surface area contributed by atoms with E-state index in [0.29, 0.717) is 63.9 Å². The summed E-state index contributed by atoms with van der Waals surface area (Å²) in [5.74, 6) is 1.46. The van der Waals surface area contributed by atoms with E-state index in [4.69, 9.17) is 31.4 Å². The number of thiocarbonyl (C=S) groups is 1. The van der Waals surface area contributed by atoms with Gasteiger partial charge in [0.1, 0.15) is 15.8 Å². The summed E-state index contributed by atoms with van der Waals surface area (Å²) in [5, 5.41) is 3.29. The minimum absolute atomic E-state index is 0.148. The number of carbonyl (C=O) groups is 1. The lowest BCUT2D eigenvalue weighted by Gasteiger charge is -2.15. The molecule has 3 aromatic rings. The number of aromatic nitrogens is 2. The predicted molar refractivity (Wildman–Crippen MR) is 164 cm³/mol. The number of methoxy groups -OCH3 is 2. The van der Waals surface area contributed by atoms with E-state index < -0.39 is 0 Å². The van der Waals surface area contributed by atoms with Crippen LogP contribution in [0, 0.1) is 6.92 Å². The lowest BCUT2D eigenvalue weighted by atomic mass is 10.1. The third kappa shape index (κ3) is 6.65. The van der Waals surface area contributed by atoms with E-state index in [0.717, 1.165) is 17.5 Å². The molecular weight excluding hydrogens is 548 g/mol. The first-order valence-corrected chi connectivity index (χ1v) is 14.3. The minimum Gasteiger partial charge on any atom is -0.493 e. The first-order chi connectivity index (χ1) is 19.2. The Bertz CT molecular complexity index is 1500. The van der Waals surface area contributed by atoms with Crippen LogP contribution in [0.1, 0.15) is 37.0 Å². The highest BCUT2D eigenvalue weighted by molar-refractivity contribution is 8.26. The molecule has 1 aliphatic rings. The molecule has 0 radical (unpaired) electrons. The van der Waals surface area contributed by atoms with Crippen molar-refractivity contribution in [2.45, 2.75) is 39.7 Å². The average molecular weight is 583 g/mol. The van der Waals surface area contributed by atoms with Crippen LogP contribution >= 0.6 is 24.0 Å². The van der Waals surface area contributed by atoms with Gasteiger partial charge in [0.05, 0.1) is 30.8 Å². The maximum Gasteiger partial charge on any atom is 0.267 e. The van der Waals surface area contributed by atoms with Crippen molar-refractivity contribution in [3.63, 3.8) is 0 Å². The van der Waals surface area contributed by atoms with Crippen LogP contribution in [0.2, 0.25) is 0 Å². The van der Waals surface area contributed by atoms with Crippen LogP contribution in [0.5, 0.6) is 11.5 Å². The number of aryl methyl sites for hydroxylation is 1. The molecule has 9 nitrogen and oxygen atoms in total. The molecule has 40 heavy (non-hydrogen) atoms. The molecule has 1 aromatic carbocycles. The molecule has 0 aliphatic carbocycles. The number of pyridine rings is 1. The van der Waals surface area contributed by atoms with Gasteiger partial charge in [0.25, 0.3) is 11.5 Å². The van der Waals surface area contributed by atoms with E-state index in [9.17, 15) is 9.59 Å². The summed E-state index contributed by atoms with van der Waals surface area (Å²) in [5.41, 5.74) is 2.47. The van der Waals surface area contributed by atoms with E-state index >= 15 is 0 Å². The lowest BCUT2D eigenvalue weighted by Crippen LogP contribution is -2.30. The van der Waals surface area contributed by atoms with Crippen LogP contribution in [0.4, 0.5) is 5.82 Å². The molecule has 11 heteroatoms. The van der Waals surface area contributed by atoms with Crippen molar-refractivity contribution in [1.82, 2.24) is 14.3 Å². The highest BCUT2D eigenvalue weighted by Crippen LogP contribution is 2.34. The number of thioether (sulfide) groups is 1. The molecule has 0 saturated carbocycles. The first kappa shape index (κ1) is 29.6. The Hall–Kier alpha value is -3.41. The number of nitrogens with zero attached hydrogens (tertiary/aromatic N) is 3. The molecule has 0 bridgehead atoms. The van der Waals surface area contributed by atoms with Gasteiger partial charge >= 0.3 is 0 Å². The van der Waals surface area contributed by atoms with Crippen molar-refractivity contribution >= 4 is 51.7 Å². The summed E-state index contributed by atoms with van der Waals surface area (Å²) >= 11 is 6.74. The number of rotatable bonds is 12. The Morgan fingerprint density at radius 3 is 2.65 bits per heavy atom. The van der Waals surface area contributed by atoms with Gasteiger partial charge in [-0.05, 0) is 69.0 Å². The Morgan fingerprint density at radius 1 is 1.15 bits per heavy atom. The summed E-state index contributed by atoms with van der Waals surface area (Å²) in [6.45, 7) is 7.44. The van der Waals surface area contributed by atoms with Crippen LogP contribution < -0.4 is 20.3 Å². The van der Waals surface area contributed by atoms with Crippen LogP contribution in [0.3, 0.4) is 0 Å². The van der Waals surface area contributed by atoms with Gasteiger partial charge in [-0.1, -0.05) is 36.1 Å². The summed E-state index contributed by atoms with van der Waals surface area (Å²) in [6, 6.07) is 9.37. The largest absolute Gasteiger partial charge is 0.493 e. The third-order valence-corrected chi connectivity index (χ3v) is 7.75. The molecule has 0 spiro atoms. The van der Waals surface area contributed by atoms with Crippen molar-refractivity contribution in [2.24, 2.45) is 0 Å². The standard InChI is InChI=1S/C29H34N4O5S2/c1-18(2)38-15-7-12-30-25-21(27(34)32-13-6-8-19(3)26(32)31-25)17-24-28(35)33(29(39)40-24)14-11-20-9-10-22(36-4)23(16-20)37-5/h6,8-10,13,16-18,30H,7,11-12,14-15H2,1-5H3/b24-17+. The molecular formula is C29H34N4O5S2. The van der Waals surface area contributed by atoms with Gasteiger partial charge in [-0.25, -0.2) is 4.98 Å². The average Bonchev–Trinajstić information content (AvgIpc) is 3.20. The van der Waals surface area contributed by atoms with E-state index in [1.54, 1.807) is 37.5 Å². The first-order valence-electron chi connectivity index (χ1n) is 13.1. The molecule has 1 amide bonds. The SMILES string of the molecule is COc1ccc(CCN2C(=O)/C(=C\c3c(NCCCOC(C)C)nc4c(C)cccn4c3=O)SC2=S)cc1OC. The fourth-order valence-corrected chi connectivity index (χ4v) is 5.57. The quantitative estimate of drug-likeness (QED) is 0.185. The Labute approximate surface area is 243 Å². The second-order valence-electron chi connectivity index (χ2n) is 9.54. The van der Waals surface area contributed by atoms with E-state index in [1.807, 2.05) is 45.0 Å². The minimum atomic E-state index is -0.259. The Morgan fingerprint density at radius 2 is 1.93 bits per heavy atom. The van der Waals surface area contributed by atoms with Gasteiger partial charge in [0.15, 0.2) is 11.5 Å². The summed E-state index contributed by atoms with van der Waals surface area (Å²) in [7, 11) is 3.17. The van der Waals surface area contributed by atoms with Crippen LogP contribution in [0.25, 0.3) is 11.7 Å². The van der Waals surface area contributed by atoms with Gasteiger partial charge < -0.3 is 19.5 Å². The monoisotopic (exact) mass is 582 g/mol. The van der Waals surface area contributed by atoms with Crippen molar-refractivity contribution in [2.75, 3.05) is 39.2 Å². The number of carbonyl (C=O) groups excluding carboxylic acids is 1. The fourth-order valence-electron chi connectivity index (χ4n) is 4.28. The summed E-state index contributed by atoms with van der Waals surface area (Å²) in [6.07, 6.45) is 4.75. The maximum absolute atomic E-state index is 13.6. The number of ether oxygens (including phenoxy) is 3. The van der Waals surface area contributed by atoms with E-state index in [2.05, 4.69) is 5.32 Å². The number of benzene rings is 1. The third-order valence-electron chi connectivity index (χ3n) is 6.37. The van der Waals surface area contributed by atoms with Gasteiger partial charge in [-0.3, -0.25) is 18.9 Å². The van der Waals surface area contributed by atoms with Gasteiger partial charge in [-0.15, -0.1) is 0 Å². The molecule has 2 aromatic heterocycles. The van der Waals surface area contributed by atoms with E-state index in [1.165, 1.54) is 16.2 Å². The van der Waals surface area contributed by atoms with Gasteiger partial charge in [-0.2, -0.15) is 0 Å². The van der Waals surface area contributed by atoms with Crippen molar-refractivity contribution < 1.29 is 19.0 Å². The highest BCUT2D eigenvalue weighted by atomic mass is 32.2. The molecule has 0 atom stereocenters. The second kappa shape index (κ2) is 13.3. The predicted octanol–water partition coefficient (Wildman–Crippen LogP) is 4.69. The highest BCUT2D eigenvalue weighted by Gasteiger charge is 2.32. The van der Waals surface area contributed by atoms with Crippen molar-refractivity contribution in [1.29, 1.82) is 0 Å². The van der Waals surface area contributed by atoms with Crippen LogP contribution in [-0.4, -0.2) is 64.5 Å². The molecule has 4 rings (SSSR count). The van der Waals surface area contributed by atoms with Crippen LogP contribution in [0.15, 0.2) is 46.2 Å². The number of hydrogen-bond donors (Lipinski definition) is 1. The normalized spacial score (nSPS) is 14.6. The fraction of sp³-hybridized carbons (Fsp3) is 0.379. The van der Waals surface area contributed by atoms with Crippen LogP contribution in [-0.2, 0) is 16.0 Å². The van der Waals surface area contributed by atoms with E-state index in [-0.39, 0.29) is 17.6 Å². The molecule has 1 saturated heterocycles. The zero-order valence-electron chi connectivity index (χ0n) is 23.4. The number of anilines is 1. The van der Waals surface area contributed by atoms with Crippen molar-refractivity contribution in [3.8, 4) is 11.5 Å². The number of hydrogen-bond acceptors (Lipinski definition) is 9. The summed E-state index contributed by atoms with van der Waals surface area (Å²) in [4.78, 5) is 33.7. The Balaban J connectivity index is 1.58. The zero-order chi connectivity index (χ0) is 28.8. The number of nitrogens with one attached hydrogen (secondary N) is 1. The second-order valence-corrected chi connectivity index (χ2v) is 11.2. The molecule has 1 aliphatic heterocycles. The van der Waals surface area contributed by atoms with Gasteiger partial charge in [0, 0.05) is 25.9 Å². The maximum atomic E-state index is 13.6. The molecule has 1 N–H and O–H groups in total. The summed E-state index contributed by atoms with van der Waals surface area (Å²) < 4.78 is 18.3. The topological polar surface area (TPSA) is 94.4 Å². The zero-order valence-corrected chi connectivity index (χ0v) is 25.0. The molecule has 1 fully saturated rings. The molecule has 212 valence electrons. The number of fused-ring (bicyclic) bond motifs is 1.